The van der Waals surface area contributed by atoms with Crippen molar-refractivity contribution in [1.29, 1.82) is 0 Å². The van der Waals surface area contributed by atoms with Crippen LogP contribution in [0.1, 0.15) is 54.5 Å². The van der Waals surface area contributed by atoms with E-state index in [1.54, 1.807) is 30.3 Å². The van der Waals surface area contributed by atoms with E-state index in [-0.39, 0.29) is 35.0 Å². The predicted octanol–water partition coefficient (Wildman–Crippen LogP) is 4.36. The summed E-state index contributed by atoms with van der Waals surface area (Å²) in [6.45, 7) is 2.22. The number of carbonyl (C=O) groups excluding carboxylic acids is 1. The number of sulfone groups is 1. The van der Waals surface area contributed by atoms with E-state index in [1.807, 2.05) is 0 Å². The molecule has 0 saturated heterocycles. The Morgan fingerprint density at radius 2 is 1.89 bits per heavy atom. The summed E-state index contributed by atoms with van der Waals surface area (Å²) in [5.41, 5.74) is 0.624. The van der Waals surface area contributed by atoms with Crippen LogP contribution in [0.5, 0.6) is 0 Å². The minimum atomic E-state index is -3.43. The first kappa shape index (κ1) is 20.0. The Bertz CT molecular complexity index is 898. The molecule has 7 heteroatoms. The highest BCUT2D eigenvalue weighted by Crippen LogP contribution is 2.24. The van der Waals surface area contributed by atoms with Crippen molar-refractivity contribution in [2.45, 2.75) is 50.2 Å². The molecule has 1 heterocycles. The molecule has 2 aromatic rings. The zero-order valence-electron chi connectivity index (χ0n) is 15.3. The normalized spacial score (nSPS) is 20.4. The maximum atomic E-state index is 12.4. The van der Waals surface area contributed by atoms with Crippen molar-refractivity contribution in [3.8, 4) is 0 Å². The summed E-state index contributed by atoms with van der Waals surface area (Å²) >= 11 is 5.90. The highest BCUT2D eigenvalue weighted by molar-refractivity contribution is 7.89. The van der Waals surface area contributed by atoms with Crippen molar-refractivity contribution >= 4 is 27.3 Å². The molecule has 0 radical (unpaired) electrons. The lowest BCUT2D eigenvalue weighted by atomic mass is 9.87. The van der Waals surface area contributed by atoms with Gasteiger partial charge >= 0.3 is 0 Å². The Labute approximate surface area is 165 Å². The molecule has 1 aliphatic carbocycles. The van der Waals surface area contributed by atoms with Gasteiger partial charge in [-0.25, -0.2) is 8.42 Å². The van der Waals surface area contributed by atoms with E-state index in [1.165, 1.54) is 6.07 Å². The summed E-state index contributed by atoms with van der Waals surface area (Å²) in [6.07, 6.45) is 4.15. The fourth-order valence-electron chi connectivity index (χ4n) is 3.39. The summed E-state index contributed by atoms with van der Waals surface area (Å²) in [7, 11) is -3.43. The summed E-state index contributed by atoms with van der Waals surface area (Å²) in [6, 6.07) is 10.0. The van der Waals surface area contributed by atoms with Gasteiger partial charge in [-0.2, -0.15) is 0 Å². The second-order valence-electron chi connectivity index (χ2n) is 7.36. The van der Waals surface area contributed by atoms with Crippen molar-refractivity contribution in [2.75, 3.05) is 0 Å². The molecular weight excluding hydrogens is 386 g/mol. The number of hydrogen-bond acceptors (Lipinski definition) is 4. The zero-order valence-corrected chi connectivity index (χ0v) is 16.9. The first-order chi connectivity index (χ1) is 12.8. The van der Waals surface area contributed by atoms with Gasteiger partial charge in [0.2, 0.25) is 0 Å². The maximum absolute atomic E-state index is 12.4. The molecule has 5 nitrogen and oxygen atoms in total. The van der Waals surface area contributed by atoms with Crippen molar-refractivity contribution in [2.24, 2.45) is 5.92 Å². The highest BCUT2D eigenvalue weighted by Gasteiger charge is 2.22. The van der Waals surface area contributed by atoms with E-state index in [2.05, 4.69) is 12.2 Å². The molecule has 0 spiro atoms. The molecule has 1 aromatic heterocycles. The molecule has 1 amide bonds. The first-order valence-corrected chi connectivity index (χ1v) is 11.3. The Hall–Kier alpha value is -1.79. The van der Waals surface area contributed by atoms with Gasteiger partial charge in [0.1, 0.15) is 11.5 Å². The summed E-state index contributed by atoms with van der Waals surface area (Å²) in [4.78, 5) is 12.3. The van der Waals surface area contributed by atoms with Crippen LogP contribution < -0.4 is 5.32 Å². The zero-order chi connectivity index (χ0) is 19.4. The van der Waals surface area contributed by atoms with Gasteiger partial charge in [0, 0.05) is 11.1 Å². The number of hydrogen-bond donors (Lipinski definition) is 1. The van der Waals surface area contributed by atoms with E-state index in [0.717, 1.165) is 25.7 Å². The summed E-state index contributed by atoms with van der Waals surface area (Å²) < 4.78 is 30.3. The molecule has 0 bridgehead atoms. The van der Waals surface area contributed by atoms with Crippen LogP contribution in [-0.4, -0.2) is 20.4 Å². The lowest BCUT2D eigenvalue weighted by Crippen LogP contribution is -2.37. The fourth-order valence-corrected chi connectivity index (χ4v) is 4.98. The average Bonchev–Trinajstić information content (AvgIpc) is 3.04. The van der Waals surface area contributed by atoms with Gasteiger partial charge in [-0.05, 0) is 61.4 Å². The number of rotatable bonds is 6. The molecule has 0 atom stereocenters. The molecule has 1 N–H and O–H groups in total. The van der Waals surface area contributed by atoms with E-state index in [4.69, 9.17) is 16.0 Å². The monoisotopic (exact) mass is 409 g/mol. The standard InChI is InChI=1S/C20H24ClNO4S/c1-14-5-7-17(8-6-14)22-20(23)19-10-9-18(26-19)13-27(24,25)12-15-3-2-4-16(21)11-15/h2-4,9-11,14,17H,5-8,12-13H2,1H3,(H,22,23). The number of nitrogens with one attached hydrogen (secondary N) is 1. The van der Waals surface area contributed by atoms with E-state index in [9.17, 15) is 13.2 Å². The molecule has 1 fully saturated rings. The van der Waals surface area contributed by atoms with Crippen LogP contribution in [0.4, 0.5) is 0 Å². The van der Waals surface area contributed by atoms with Gasteiger partial charge in [-0.3, -0.25) is 4.79 Å². The molecule has 0 aliphatic heterocycles. The number of furan rings is 1. The van der Waals surface area contributed by atoms with Crippen molar-refractivity contribution in [3.05, 3.63) is 58.5 Å². The second kappa shape index (κ2) is 8.48. The van der Waals surface area contributed by atoms with Gasteiger partial charge in [-0.1, -0.05) is 30.7 Å². The minimum absolute atomic E-state index is 0.129. The molecule has 27 heavy (non-hydrogen) atoms. The lowest BCUT2D eigenvalue weighted by Gasteiger charge is -2.26. The Morgan fingerprint density at radius 3 is 2.59 bits per heavy atom. The topological polar surface area (TPSA) is 76.4 Å². The fraction of sp³-hybridized carbons (Fsp3) is 0.450. The third-order valence-corrected chi connectivity index (χ3v) is 6.61. The van der Waals surface area contributed by atoms with Gasteiger partial charge in [0.25, 0.3) is 5.91 Å². The van der Waals surface area contributed by atoms with Crippen LogP contribution in [0.2, 0.25) is 5.02 Å². The lowest BCUT2D eigenvalue weighted by molar-refractivity contribution is 0.0893. The van der Waals surface area contributed by atoms with Gasteiger partial charge in [0.05, 0.1) is 5.75 Å². The van der Waals surface area contributed by atoms with E-state index >= 15 is 0 Å². The molecular formula is C20H24ClNO4S. The van der Waals surface area contributed by atoms with Crippen LogP contribution in [0.15, 0.2) is 40.8 Å². The summed E-state index contributed by atoms with van der Waals surface area (Å²) in [5.74, 6) is 0.455. The Morgan fingerprint density at radius 1 is 1.15 bits per heavy atom. The number of halogens is 1. The molecule has 3 rings (SSSR count). The summed E-state index contributed by atoms with van der Waals surface area (Å²) in [5, 5.41) is 3.48. The second-order valence-corrected chi connectivity index (χ2v) is 9.86. The third kappa shape index (κ3) is 5.84. The SMILES string of the molecule is CC1CCC(NC(=O)c2ccc(CS(=O)(=O)Cc3cccc(Cl)c3)o2)CC1. The molecule has 0 unspecified atom stereocenters. The van der Waals surface area contributed by atoms with Crippen LogP contribution in [0.3, 0.4) is 0 Å². The highest BCUT2D eigenvalue weighted by atomic mass is 35.5. The third-order valence-electron chi connectivity index (χ3n) is 4.87. The van der Waals surface area contributed by atoms with Crippen LogP contribution in [0.25, 0.3) is 0 Å². The van der Waals surface area contributed by atoms with E-state index < -0.39 is 9.84 Å². The van der Waals surface area contributed by atoms with Gasteiger partial charge in [-0.15, -0.1) is 0 Å². The molecule has 1 saturated carbocycles. The largest absolute Gasteiger partial charge is 0.455 e. The van der Waals surface area contributed by atoms with E-state index in [0.29, 0.717) is 16.5 Å². The first-order valence-electron chi connectivity index (χ1n) is 9.15. The number of benzene rings is 1. The smallest absolute Gasteiger partial charge is 0.287 e. The average molecular weight is 410 g/mol. The predicted molar refractivity (Wildman–Crippen MR) is 105 cm³/mol. The van der Waals surface area contributed by atoms with Crippen molar-refractivity contribution < 1.29 is 17.6 Å². The van der Waals surface area contributed by atoms with Crippen molar-refractivity contribution in [3.63, 3.8) is 0 Å². The molecule has 1 aromatic carbocycles. The van der Waals surface area contributed by atoms with Crippen molar-refractivity contribution in [1.82, 2.24) is 5.32 Å². The van der Waals surface area contributed by atoms with Crippen LogP contribution in [-0.2, 0) is 21.3 Å². The minimum Gasteiger partial charge on any atom is -0.455 e. The number of amides is 1. The molecule has 1 aliphatic rings. The Kier molecular flexibility index (Phi) is 6.27. The number of carbonyl (C=O) groups is 1. The molecule has 146 valence electrons. The quantitative estimate of drug-likeness (QED) is 0.769. The van der Waals surface area contributed by atoms with Gasteiger partial charge < -0.3 is 9.73 Å². The van der Waals surface area contributed by atoms with Crippen LogP contribution in [0, 0.1) is 5.92 Å². The van der Waals surface area contributed by atoms with Gasteiger partial charge in [0.15, 0.2) is 15.6 Å². The maximum Gasteiger partial charge on any atom is 0.287 e. The Balaban J connectivity index is 1.59. The van der Waals surface area contributed by atoms with Crippen LogP contribution >= 0.6 is 11.6 Å².